The molecule has 0 radical (unpaired) electrons. The van der Waals surface area contributed by atoms with E-state index in [9.17, 15) is 4.79 Å². The van der Waals surface area contributed by atoms with E-state index >= 15 is 0 Å². The van der Waals surface area contributed by atoms with Gasteiger partial charge in [0.1, 0.15) is 0 Å². The van der Waals surface area contributed by atoms with Gasteiger partial charge in [0.05, 0.1) is 18.3 Å². The molecule has 0 spiro atoms. The van der Waals surface area contributed by atoms with Crippen LogP contribution in [0.2, 0.25) is 0 Å². The lowest BCUT2D eigenvalue weighted by Gasteiger charge is -2.15. The smallest absolute Gasteiger partial charge is 0.230 e. The molecule has 1 atom stereocenters. The third-order valence-corrected chi connectivity index (χ3v) is 5.20. The number of nitrogens with zero attached hydrogens (tertiary/aromatic N) is 5. The third kappa shape index (κ3) is 5.27. The average molecular weight is 385 g/mol. The van der Waals surface area contributed by atoms with Crippen molar-refractivity contribution in [1.82, 2.24) is 30.4 Å². The number of benzene rings is 2. The molecule has 142 valence electrons. The average Bonchev–Trinajstić information content (AvgIpc) is 3.11. The number of tetrazole rings is 1. The minimum absolute atomic E-state index is 0.0391. The Kier molecular flexibility index (Phi) is 6.41. The van der Waals surface area contributed by atoms with Gasteiger partial charge in [0, 0.05) is 6.54 Å². The van der Waals surface area contributed by atoms with Gasteiger partial charge >= 0.3 is 0 Å². The largest absolute Gasteiger partial charge is 0.349 e. The van der Waals surface area contributed by atoms with Crippen molar-refractivity contribution in [2.45, 2.75) is 24.7 Å². The van der Waals surface area contributed by atoms with Crippen molar-refractivity contribution in [2.75, 3.05) is 26.4 Å². The summed E-state index contributed by atoms with van der Waals surface area (Å²) >= 11 is 1.35. The number of amides is 1. The standard InChI is InChI=1S/C19H24N6OS/c1-14(16-9-8-15-6-4-5-7-17(15)12-16)20-18(26)13-27-19-21-22-23-25(19)11-10-24(2)3/h4-9,12,14H,10-11,13H2,1-3H3,(H,20,26). The van der Waals surface area contributed by atoms with Gasteiger partial charge < -0.3 is 10.2 Å². The molecular weight excluding hydrogens is 360 g/mol. The topological polar surface area (TPSA) is 75.9 Å². The van der Waals surface area contributed by atoms with Crippen LogP contribution in [0.1, 0.15) is 18.5 Å². The molecule has 0 saturated heterocycles. The summed E-state index contributed by atoms with van der Waals surface area (Å²) in [4.78, 5) is 14.4. The number of fused-ring (bicyclic) bond motifs is 1. The van der Waals surface area contributed by atoms with Crippen LogP contribution in [0.15, 0.2) is 47.6 Å². The first kappa shape index (κ1) is 19.3. The van der Waals surface area contributed by atoms with Gasteiger partial charge in [0.2, 0.25) is 11.1 Å². The van der Waals surface area contributed by atoms with Crippen LogP contribution in [-0.4, -0.2) is 57.4 Å². The molecule has 1 heterocycles. The van der Waals surface area contributed by atoms with Crippen molar-refractivity contribution < 1.29 is 4.79 Å². The van der Waals surface area contributed by atoms with E-state index in [-0.39, 0.29) is 17.7 Å². The predicted molar refractivity (Wildman–Crippen MR) is 108 cm³/mol. The van der Waals surface area contributed by atoms with Crippen LogP contribution >= 0.6 is 11.8 Å². The zero-order valence-corrected chi connectivity index (χ0v) is 16.6. The van der Waals surface area contributed by atoms with Crippen LogP contribution < -0.4 is 5.32 Å². The lowest BCUT2D eigenvalue weighted by Crippen LogP contribution is -2.28. The number of rotatable bonds is 8. The number of carbonyl (C=O) groups is 1. The Hall–Kier alpha value is -2.45. The SMILES string of the molecule is CC(NC(=O)CSc1nnnn1CCN(C)C)c1ccc2ccccc2c1. The van der Waals surface area contributed by atoms with E-state index in [4.69, 9.17) is 0 Å². The molecule has 1 unspecified atom stereocenters. The Balaban J connectivity index is 1.55. The molecule has 0 saturated carbocycles. The maximum absolute atomic E-state index is 12.3. The van der Waals surface area contributed by atoms with Crippen LogP contribution in [0, 0.1) is 0 Å². The molecular formula is C19H24N6OS. The number of likely N-dealkylation sites (N-methyl/N-ethyl adjacent to an activating group) is 1. The van der Waals surface area contributed by atoms with Gasteiger partial charge in [-0.1, -0.05) is 48.2 Å². The zero-order valence-electron chi connectivity index (χ0n) is 15.8. The molecule has 3 rings (SSSR count). The minimum Gasteiger partial charge on any atom is -0.349 e. The number of carbonyl (C=O) groups excluding carboxylic acids is 1. The van der Waals surface area contributed by atoms with Gasteiger partial charge in [-0.2, -0.15) is 0 Å². The van der Waals surface area contributed by atoms with E-state index in [1.807, 2.05) is 33.2 Å². The molecule has 27 heavy (non-hydrogen) atoms. The van der Waals surface area contributed by atoms with E-state index < -0.39 is 0 Å². The van der Waals surface area contributed by atoms with Gasteiger partial charge in [0.15, 0.2) is 0 Å². The van der Waals surface area contributed by atoms with Crippen LogP contribution in [0.3, 0.4) is 0 Å². The highest BCUT2D eigenvalue weighted by atomic mass is 32.2. The highest BCUT2D eigenvalue weighted by molar-refractivity contribution is 7.99. The number of hydrogen-bond donors (Lipinski definition) is 1. The monoisotopic (exact) mass is 384 g/mol. The van der Waals surface area contributed by atoms with Crippen molar-refractivity contribution in [3.8, 4) is 0 Å². The van der Waals surface area contributed by atoms with Gasteiger partial charge in [-0.15, -0.1) is 5.10 Å². The molecule has 1 aromatic heterocycles. The normalized spacial score (nSPS) is 12.4. The highest BCUT2D eigenvalue weighted by Crippen LogP contribution is 2.20. The van der Waals surface area contributed by atoms with Gasteiger partial charge in [0.25, 0.3) is 0 Å². The first-order valence-electron chi connectivity index (χ1n) is 8.84. The molecule has 3 aromatic rings. The van der Waals surface area contributed by atoms with E-state index in [1.54, 1.807) is 4.68 Å². The maximum atomic E-state index is 12.3. The molecule has 0 fully saturated rings. The van der Waals surface area contributed by atoms with E-state index in [2.05, 4.69) is 56.1 Å². The van der Waals surface area contributed by atoms with Gasteiger partial charge in [-0.3, -0.25) is 4.79 Å². The van der Waals surface area contributed by atoms with Crippen molar-refractivity contribution >= 4 is 28.4 Å². The summed E-state index contributed by atoms with van der Waals surface area (Å²) in [6.07, 6.45) is 0. The fourth-order valence-electron chi connectivity index (χ4n) is 2.71. The molecule has 1 N–H and O–H groups in total. The molecule has 0 aliphatic rings. The van der Waals surface area contributed by atoms with Crippen LogP contribution in [0.5, 0.6) is 0 Å². The third-order valence-electron chi connectivity index (χ3n) is 4.24. The quantitative estimate of drug-likeness (QED) is 0.601. The van der Waals surface area contributed by atoms with Crippen molar-refractivity contribution in [3.05, 3.63) is 48.0 Å². The first-order chi connectivity index (χ1) is 13.0. The Morgan fingerprint density at radius 2 is 2.00 bits per heavy atom. The number of nitrogens with one attached hydrogen (secondary N) is 1. The molecule has 0 aliphatic heterocycles. The second-order valence-corrected chi connectivity index (χ2v) is 7.61. The summed E-state index contributed by atoms with van der Waals surface area (Å²) in [6, 6.07) is 14.4. The van der Waals surface area contributed by atoms with E-state index in [0.29, 0.717) is 11.7 Å². The maximum Gasteiger partial charge on any atom is 0.230 e. The Bertz CT molecular complexity index is 910. The van der Waals surface area contributed by atoms with Crippen LogP contribution in [0.25, 0.3) is 10.8 Å². The lowest BCUT2D eigenvalue weighted by molar-refractivity contribution is -0.119. The number of aromatic nitrogens is 4. The summed E-state index contributed by atoms with van der Waals surface area (Å²) in [5.74, 6) is 0.239. The Morgan fingerprint density at radius 1 is 1.22 bits per heavy atom. The molecule has 2 aromatic carbocycles. The molecule has 8 heteroatoms. The summed E-state index contributed by atoms with van der Waals surface area (Å²) in [5, 5.41) is 17.8. The second-order valence-electron chi connectivity index (χ2n) is 6.67. The number of thioether (sulfide) groups is 1. The molecule has 0 bridgehead atoms. The summed E-state index contributed by atoms with van der Waals surface area (Å²) in [7, 11) is 4.00. The minimum atomic E-state index is -0.0626. The lowest BCUT2D eigenvalue weighted by atomic mass is 10.0. The summed E-state index contributed by atoms with van der Waals surface area (Å²) in [5.41, 5.74) is 1.09. The second kappa shape index (κ2) is 8.96. The highest BCUT2D eigenvalue weighted by Gasteiger charge is 2.13. The van der Waals surface area contributed by atoms with Crippen molar-refractivity contribution in [3.63, 3.8) is 0 Å². The predicted octanol–water partition coefficient (Wildman–Crippen LogP) is 2.36. The number of hydrogen-bond acceptors (Lipinski definition) is 6. The summed E-state index contributed by atoms with van der Waals surface area (Å²) in [6.45, 7) is 3.52. The van der Waals surface area contributed by atoms with Gasteiger partial charge in [-0.25, -0.2) is 4.68 Å². The Labute approximate surface area is 163 Å². The first-order valence-corrected chi connectivity index (χ1v) is 9.83. The molecule has 0 aliphatic carbocycles. The van der Waals surface area contributed by atoms with Crippen molar-refractivity contribution in [2.24, 2.45) is 0 Å². The molecule has 7 nitrogen and oxygen atoms in total. The van der Waals surface area contributed by atoms with Crippen molar-refractivity contribution in [1.29, 1.82) is 0 Å². The van der Waals surface area contributed by atoms with Gasteiger partial charge in [-0.05, 0) is 53.8 Å². The molecule has 1 amide bonds. The fraction of sp³-hybridized carbons (Fsp3) is 0.368. The van der Waals surface area contributed by atoms with E-state index in [0.717, 1.165) is 12.1 Å². The Morgan fingerprint density at radius 3 is 2.78 bits per heavy atom. The summed E-state index contributed by atoms with van der Waals surface area (Å²) < 4.78 is 1.73. The fourth-order valence-corrected chi connectivity index (χ4v) is 3.42. The zero-order chi connectivity index (χ0) is 19.2. The van der Waals surface area contributed by atoms with Crippen LogP contribution in [0.4, 0.5) is 0 Å². The van der Waals surface area contributed by atoms with Crippen LogP contribution in [-0.2, 0) is 11.3 Å². The van der Waals surface area contributed by atoms with E-state index in [1.165, 1.54) is 22.5 Å².